The molecule has 0 spiro atoms. The topological polar surface area (TPSA) is 29.5 Å². The van der Waals surface area contributed by atoms with Gasteiger partial charge in [0.1, 0.15) is 0 Å². The van der Waals surface area contributed by atoms with Gasteiger partial charge in [0.05, 0.1) is 13.2 Å². The molecule has 0 bridgehead atoms. The first-order chi connectivity index (χ1) is 7.34. The normalized spacial score (nSPS) is 15.1. The van der Waals surface area contributed by atoms with E-state index in [-0.39, 0.29) is 5.91 Å². The molecule has 0 aliphatic carbocycles. The SMILES string of the molecule is CCCCCCCCCC(=O)N1CCO1. The molecule has 1 aliphatic heterocycles. The van der Waals surface area contributed by atoms with Crippen LogP contribution in [0.25, 0.3) is 0 Å². The fraction of sp³-hybridized carbons (Fsp3) is 0.917. The van der Waals surface area contributed by atoms with Gasteiger partial charge in [0.15, 0.2) is 0 Å². The van der Waals surface area contributed by atoms with E-state index in [1.807, 2.05) is 0 Å². The predicted octanol–water partition coefficient (Wildman–Crippen LogP) is 2.90. The number of carbonyl (C=O) groups excluding carboxylic acids is 1. The summed E-state index contributed by atoms with van der Waals surface area (Å²) in [6.07, 6.45) is 9.45. The van der Waals surface area contributed by atoms with Crippen LogP contribution in [-0.2, 0) is 9.63 Å². The van der Waals surface area contributed by atoms with E-state index >= 15 is 0 Å². The van der Waals surface area contributed by atoms with Crippen molar-refractivity contribution in [3.05, 3.63) is 0 Å². The summed E-state index contributed by atoms with van der Waals surface area (Å²) >= 11 is 0. The van der Waals surface area contributed by atoms with E-state index in [0.29, 0.717) is 13.0 Å². The minimum Gasteiger partial charge on any atom is -0.273 e. The monoisotopic (exact) mass is 213 g/mol. The molecule has 0 aromatic heterocycles. The Bertz CT molecular complexity index is 178. The molecule has 0 atom stereocenters. The second-order valence-corrected chi connectivity index (χ2v) is 4.20. The van der Waals surface area contributed by atoms with Gasteiger partial charge in [-0.25, -0.2) is 5.06 Å². The summed E-state index contributed by atoms with van der Waals surface area (Å²) in [6, 6.07) is 0. The molecule has 15 heavy (non-hydrogen) atoms. The first-order valence-electron chi connectivity index (χ1n) is 6.28. The third-order valence-electron chi connectivity index (χ3n) is 2.81. The summed E-state index contributed by atoms with van der Waals surface area (Å²) in [5.41, 5.74) is 0. The van der Waals surface area contributed by atoms with Crippen LogP contribution in [0, 0.1) is 0 Å². The third kappa shape index (κ3) is 5.17. The van der Waals surface area contributed by atoms with Crippen molar-refractivity contribution in [2.75, 3.05) is 13.2 Å². The van der Waals surface area contributed by atoms with Gasteiger partial charge in [-0.3, -0.25) is 9.63 Å². The number of nitrogens with zero attached hydrogens (tertiary/aromatic N) is 1. The predicted molar refractivity (Wildman–Crippen MR) is 60.3 cm³/mol. The lowest BCUT2D eigenvalue weighted by atomic mass is 10.1. The van der Waals surface area contributed by atoms with Gasteiger partial charge in [-0.1, -0.05) is 45.4 Å². The smallest absolute Gasteiger partial charge is 0.246 e. The molecule has 0 saturated carbocycles. The van der Waals surface area contributed by atoms with E-state index in [2.05, 4.69) is 6.92 Å². The summed E-state index contributed by atoms with van der Waals surface area (Å²) in [4.78, 5) is 16.3. The van der Waals surface area contributed by atoms with E-state index in [1.165, 1.54) is 43.6 Å². The Kier molecular flexibility index (Phi) is 6.41. The fourth-order valence-electron chi connectivity index (χ4n) is 1.74. The quantitative estimate of drug-likeness (QED) is 0.580. The summed E-state index contributed by atoms with van der Waals surface area (Å²) in [5, 5.41) is 1.48. The molecule has 1 amide bonds. The van der Waals surface area contributed by atoms with Gasteiger partial charge in [0.2, 0.25) is 5.91 Å². The highest BCUT2D eigenvalue weighted by Crippen LogP contribution is 2.11. The Labute approximate surface area is 92.7 Å². The molecule has 88 valence electrons. The largest absolute Gasteiger partial charge is 0.273 e. The summed E-state index contributed by atoms with van der Waals surface area (Å²) in [5.74, 6) is 0.162. The Morgan fingerprint density at radius 2 is 1.73 bits per heavy atom. The van der Waals surface area contributed by atoms with Crippen LogP contribution in [0.5, 0.6) is 0 Å². The van der Waals surface area contributed by atoms with Crippen LogP contribution in [0.2, 0.25) is 0 Å². The number of hydroxylamine groups is 2. The van der Waals surface area contributed by atoms with Crippen LogP contribution in [-0.4, -0.2) is 24.1 Å². The second-order valence-electron chi connectivity index (χ2n) is 4.20. The maximum absolute atomic E-state index is 11.4. The van der Waals surface area contributed by atoms with Gasteiger partial charge >= 0.3 is 0 Å². The number of hydrogen-bond donors (Lipinski definition) is 0. The molecule has 0 radical (unpaired) electrons. The minimum atomic E-state index is 0.162. The highest BCUT2D eigenvalue weighted by Gasteiger charge is 2.20. The van der Waals surface area contributed by atoms with Crippen molar-refractivity contribution in [3.8, 4) is 0 Å². The molecule has 0 unspecified atom stereocenters. The van der Waals surface area contributed by atoms with Gasteiger partial charge in [-0.05, 0) is 6.42 Å². The van der Waals surface area contributed by atoms with E-state index in [9.17, 15) is 4.79 Å². The molecular formula is C12H23NO2. The van der Waals surface area contributed by atoms with Crippen LogP contribution in [0.1, 0.15) is 58.3 Å². The van der Waals surface area contributed by atoms with Crippen molar-refractivity contribution in [1.82, 2.24) is 5.06 Å². The minimum absolute atomic E-state index is 0.162. The lowest BCUT2D eigenvalue weighted by Gasteiger charge is -2.29. The Balaban J connectivity index is 1.81. The maximum atomic E-state index is 11.4. The maximum Gasteiger partial charge on any atom is 0.246 e. The standard InChI is InChI=1S/C12H23NO2/c1-2-3-4-5-6-7-8-9-12(14)13-10-11-15-13/h2-11H2,1H3. The van der Waals surface area contributed by atoms with Crippen LogP contribution < -0.4 is 0 Å². The van der Waals surface area contributed by atoms with Crippen molar-refractivity contribution in [2.24, 2.45) is 0 Å². The molecule has 3 nitrogen and oxygen atoms in total. The number of carbonyl (C=O) groups is 1. The average Bonchev–Trinajstić information content (AvgIpc) is 2.14. The first kappa shape index (κ1) is 12.5. The van der Waals surface area contributed by atoms with Crippen molar-refractivity contribution >= 4 is 5.91 Å². The zero-order valence-electron chi connectivity index (χ0n) is 9.83. The highest BCUT2D eigenvalue weighted by atomic mass is 16.7. The summed E-state index contributed by atoms with van der Waals surface area (Å²) in [7, 11) is 0. The van der Waals surface area contributed by atoms with Crippen molar-refractivity contribution in [3.63, 3.8) is 0 Å². The Morgan fingerprint density at radius 1 is 1.13 bits per heavy atom. The molecule has 1 rings (SSSR count). The van der Waals surface area contributed by atoms with E-state index < -0.39 is 0 Å². The van der Waals surface area contributed by atoms with E-state index in [1.54, 1.807) is 0 Å². The Hall–Kier alpha value is -0.570. The molecule has 1 saturated heterocycles. The number of amides is 1. The highest BCUT2D eigenvalue weighted by molar-refractivity contribution is 5.75. The van der Waals surface area contributed by atoms with Gasteiger partial charge in [0, 0.05) is 6.42 Å². The average molecular weight is 213 g/mol. The lowest BCUT2D eigenvalue weighted by molar-refractivity contribution is -0.239. The molecule has 0 N–H and O–H groups in total. The van der Waals surface area contributed by atoms with Gasteiger partial charge < -0.3 is 0 Å². The van der Waals surface area contributed by atoms with Crippen LogP contribution in [0.15, 0.2) is 0 Å². The molecule has 1 aliphatic rings. The van der Waals surface area contributed by atoms with Crippen LogP contribution >= 0.6 is 0 Å². The first-order valence-corrected chi connectivity index (χ1v) is 6.28. The number of hydrogen-bond acceptors (Lipinski definition) is 2. The Morgan fingerprint density at radius 3 is 2.27 bits per heavy atom. The van der Waals surface area contributed by atoms with E-state index in [4.69, 9.17) is 4.84 Å². The molecule has 1 fully saturated rings. The molecule has 0 aromatic carbocycles. The summed E-state index contributed by atoms with van der Waals surface area (Å²) in [6.45, 7) is 3.73. The van der Waals surface area contributed by atoms with Crippen molar-refractivity contribution < 1.29 is 9.63 Å². The molecule has 0 aromatic rings. The van der Waals surface area contributed by atoms with Gasteiger partial charge in [-0.15, -0.1) is 0 Å². The molecular weight excluding hydrogens is 190 g/mol. The second kappa shape index (κ2) is 7.69. The molecule has 3 heteroatoms. The lowest BCUT2D eigenvalue weighted by Crippen LogP contribution is -2.43. The van der Waals surface area contributed by atoms with E-state index in [0.717, 1.165) is 13.0 Å². The molecule has 1 heterocycles. The zero-order valence-corrected chi connectivity index (χ0v) is 9.83. The van der Waals surface area contributed by atoms with Crippen molar-refractivity contribution in [2.45, 2.75) is 58.3 Å². The van der Waals surface area contributed by atoms with Crippen LogP contribution in [0.4, 0.5) is 0 Å². The van der Waals surface area contributed by atoms with Gasteiger partial charge in [0.25, 0.3) is 0 Å². The van der Waals surface area contributed by atoms with Crippen LogP contribution in [0.3, 0.4) is 0 Å². The van der Waals surface area contributed by atoms with Gasteiger partial charge in [-0.2, -0.15) is 0 Å². The zero-order chi connectivity index (χ0) is 10.9. The fourth-order valence-corrected chi connectivity index (χ4v) is 1.74. The van der Waals surface area contributed by atoms with Crippen molar-refractivity contribution in [1.29, 1.82) is 0 Å². The third-order valence-corrected chi connectivity index (χ3v) is 2.81. The summed E-state index contributed by atoms with van der Waals surface area (Å²) < 4.78 is 0. The number of rotatable bonds is 8. The number of unbranched alkanes of at least 4 members (excludes halogenated alkanes) is 6.